The Hall–Kier alpha value is -5.55. The van der Waals surface area contributed by atoms with Crippen LogP contribution in [0.3, 0.4) is 0 Å². The number of esters is 2. The molecule has 79 heavy (non-hydrogen) atoms. The van der Waals surface area contributed by atoms with Gasteiger partial charge in [0, 0.05) is 11.6 Å². The zero-order valence-corrected chi connectivity index (χ0v) is 49.2. The molecule has 4 aliphatic carbocycles. The molecule has 0 heterocycles. The quantitative estimate of drug-likeness (QED) is 0.0272. The van der Waals surface area contributed by atoms with Gasteiger partial charge in [0.25, 0.3) is 0 Å². The van der Waals surface area contributed by atoms with Crippen LogP contribution in [0.1, 0.15) is 158 Å². The fraction of sp³-hybridized carbons (Fsp3) is 0.582. The fourth-order valence-corrected chi connectivity index (χ4v) is 13.1. The highest BCUT2D eigenvalue weighted by molar-refractivity contribution is 6.61. The highest BCUT2D eigenvalue weighted by Gasteiger charge is 2.48. The second-order valence-corrected chi connectivity index (χ2v) is 23.3. The minimum atomic E-state index is -0.773. The van der Waals surface area contributed by atoms with Crippen molar-refractivity contribution in [2.45, 2.75) is 170 Å². The average Bonchev–Trinajstić information content (AvgIpc) is 4.06. The van der Waals surface area contributed by atoms with Gasteiger partial charge in [0.15, 0.2) is 13.2 Å². The lowest BCUT2D eigenvalue weighted by molar-refractivity contribution is -0.148. The van der Waals surface area contributed by atoms with E-state index in [2.05, 4.69) is 69.2 Å². The molecule has 0 N–H and O–H groups in total. The molecule has 0 unspecified atom stereocenters. The van der Waals surface area contributed by atoms with Crippen LogP contribution in [0.15, 0.2) is 97.1 Å². The lowest BCUT2D eigenvalue weighted by Crippen LogP contribution is -2.29. The van der Waals surface area contributed by atoms with E-state index >= 15 is 0 Å². The zero-order chi connectivity index (χ0) is 56.5. The maximum absolute atomic E-state index is 12.4. The Balaban J connectivity index is 0.000000236. The maximum atomic E-state index is 12.4. The van der Waals surface area contributed by atoms with Crippen molar-refractivity contribution < 1.29 is 52.3 Å². The molecule has 10 atom stereocenters. The molecular weight excluding hydrogens is 1020 g/mol. The van der Waals surface area contributed by atoms with Crippen molar-refractivity contribution in [3.63, 3.8) is 0 Å². The van der Waals surface area contributed by atoms with E-state index < -0.39 is 11.6 Å². The van der Waals surface area contributed by atoms with E-state index in [1.54, 1.807) is 0 Å². The van der Waals surface area contributed by atoms with E-state index in [-0.39, 0.29) is 44.5 Å². The van der Waals surface area contributed by atoms with Gasteiger partial charge in [-0.25, -0.2) is 19.2 Å². The summed E-state index contributed by atoms with van der Waals surface area (Å²) in [6, 6.07) is 31.9. The average molecular weight is 1110 g/mol. The predicted octanol–water partition coefficient (Wildman–Crippen LogP) is 16.1. The summed E-state index contributed by atoms with van der Waals surface area (Å²) < 4.78 is 37.3. The van der Waals surface area contributed by atoms with E-state index in [1.165, 1.54) is 107 Å². The molecule has 2 saturated carbocycles. The Bertz CT molecular complexity index is 2460. The van der Waals surface area contributed by atoms with E-state index in [9.17, 15) is 19.2 Å². The third kappa shape index (κ3) is 19.9. The zero-order valence-electron chi connectivity index (χ0n) is 48.4. The van der Waals surface area contributed by atoms with Gasteiger partial charge in [0.05, 0.1) is 14.2 Å². The number of methoxy groups -OCH3 is 2. The van der Waals surface area contributed by atoms with Gasteiger partial charge in [-0.05, 0) is 150 Å². The molecule has 4 aromatic carbocycles. The van der Waals surface area contributed by atoms with Gasteiger partial charge in [-0.15, -0.1) is 0 Å². The normalized spacial score (nSPS) is 22.0. The topological polar surface area (TPSA) is 133 Å². The van der Waals surface area contributed by atoms with Gasteiger partial charge < -0.3 is 33.2 Å². The molecule has 0 radical (unpaired) electrons. The molecule has 4 aromatic rings. The summed E-state index contributed by atoms with van der Waals surface area (Å²) in [5, 5.41) is 0. The first kappa shape index (κ1) is 62.6. The van der Waals surface area contributed by atoms with Crippen LogP contribution in [0.2, 0.25) is 0 Å². The second-order valence-electron chi connectivity index (χ2n) is 23.0. The number of rotatable bonds is 25. The number of halogens is 1. The van der Waals surface area contributed by atoms with Gasteiger partial charge in [0.1, 0.15) is 30.8 Å². The number of hydrogen-bond acceptors (Lipinski definition) is 11. The highest BCUT2D eigenvalue weighted by atomic mass is 35.5. The van der Waals surface area contributed by atoms with Gasteiger partial charge in [-0.1, -0.05) is 184 Å². The van der Waals surface area contributed by atoms with E-state index in [0.717, 1.165) is 97.2 Å². The molecule has 8 rings (SSSR count). The molecule has 0 aromatic heterocycles. The molecule has 0 bridgehead atoms. The van der Waals surface area contributed by atoms with Crippen molar-refractivity contribution in [1.82, 2.24) is 0 Å². The van der Waals surface area contributed by atoms with Crippen molar-refractivity contribution in [2.24, 2.45) is 53.3 Å². The third-order valence-corrected chi connectivity index (χ3v) is 17.5. The monoisotopic (exact) mass is 1110 g/mol. The molecule has 4 aliphatic rings. The molecule has 0 spiro atoms. The molecular formula is C67H91ClO11. The van der Waals surface area contributed by atoms with Gasteiger partial charge in [-0.3, -0.25) is 0 Å². The first-order valence-electron chi connectivity index (χ1n) is 29.6. The molecule has 12 heteroatoms. The molecule has 0 saturated heterocycles. The first-order chi connectivity index (χ1) is 38.3. The summed E-state index contributed by atoms with van der Waals surface area (Å²) in [5.74, 6) is 6.83. The van der Waals surface area contributed by atoms with E-state index in [1.807, 2.05) is 78.9 Å². The Morgan fingerprint density at radius 1 is 0.557 bits per heavy atom. The van der Waals surface area contributed by atoms with Crippen LogP contribution in [-0.4, -0.2) is 57.1 Å². The van der Waals surface area contributed by atoms with Crippen molar-refractivity contribution in [2.75, 3.05) is 27.4 Å². The largest absolute Gasteiger partial charge is 0.508 e. The Morgan fingerprint density at radius 2 is 1.01 bits per heavy atom. The van der Waals surface area contributed by atoms with Crippen LogP contribution >= 0.6 is 11.6 Å². The summed E-state index contributed by atoms with van der Waals surface area (Å²) in [7, 11) is 2.59. The minimum absolute atomic E-state index is 0.0354. The number of benzene rings is 4. The molecule has 0 amide bonds. The number of carbonyl (C=O) groups excluding carboxylic acids is 4. The SMILES string of the molecule is CCCCC[C@H](C)CC[C@@H]1[C@H]2Cc3cccc(OCC(=O)OCc4ccccc4)c3C[C@H]2C[C@H]1C.CCCCC[C@H](C)CC[C@@H]1[C@H]2Cc3cccc(OCC(=O)OCc4ccccc4)c3C[C@H]2C[C@H]1OC(=O)OC.COC(=O)Cl. The molecule has 2 fully saturated rings. The highest BCUT2D eigenvalue weighted by Crippen LogP contribution is 2.52. The second kappa shape index (κ2) is 33.3. The van der Waals surface area contributed by atoms with Crippen LogP contribution < -0.4 is 9.47 Å². The Morgan fingerprint density at radius 3 is 1.47 bits per heavy atom. The number of carbonyl (C=O) groups is 4. The predicted molar refractivity (Wildman–Crippen MR) is 311 cm³/mol. The summed E-state index contributed by atoms with van der Waals surface area (Å²) >= 11 is 4.60. The van der Waals surface area contributed by atoms with Crippen LogP contribution in [0.5, 0.6) is 11.5 Å². The minimum Gasteiger partial charge on any atom is -0.482 e. The third-order valence-electron chi connectivity index (χ3n) is 17.4. The van der Waals surface area contributed by atoms with Crippen LogP contribution in [0.4, 0.5) is 9.59 Å². The van der Waals surface area contributed by atoms with Crippen molar-refractivity contribution in [3.8, 4) is 11.5 Å². The van der Waals surface area contributed by atoms with Crippen LogP contribution in [0.25, 0.3) is 0 Å². The summed E-state index contributed by atoms with van der Waals surface area (Å²) in [5.41, 5.74) is 6.35. The Kier molecular flexibility index (Phi) is 26.4. The fourth-order valence-electron chi connectivity index (χ4n) is 13.1. The maximum Gasteiger partial charge on any atom is 0.508 e. The first-order valence-corrected chi connectivity index (χ1v) is 30.0. The summed E-state index contributed by atoms with van der Waals surface area (Å²) in [6.07, 6.45) is 21.0. The van der Waals surface area contributed by atoms with Gasteiger partial charge >= 0.3 is 23.5 Å². The van der Waals surface area contributed by atoms with Crippen molar-refractivity contribution in [3.05, 3.63) is 130 Å². The number of hydrogen-bond donors (Lipinski definition) is 0. The van der Waals surface area contributed by atoms with E-state index in [4.69, 9.17) is 28.4 Å². The molecule has 432 valence electrons. The van der Waals surface area contributed by atoms with Crippen molar-refractivity contribution in [1.29, 1.82) is 0 Å². The van der Waals surface area contributed by atoms with Gasteiger partial charge in [0.2, 0.25) is 0 Å². The number of ether oxygens (including phenoxy) is 7. The lowest BCUT2D eigenvalue weighted by Gasteiger charge is -2.33. The number of unbranched alkanes of at least 4 members (excludes halogenated alkanes) is 4. The standard InChI is InChI=1S/C33H44O6.C32H44O3.C2H3ClO2/c1-4-5-7-11-23(2)16-17-27-28-18-25-14-10-15-30(29(25)19-26(28)20-31(27)39-33(35)36-3)37-22-32(34)38-21-24-12-8-6-9-13-24;1-4-5-7-11-23(2)16-17-28-24(3)18-27-20-30-26(19-29(27)28)14-10-15-31(30)34-22-32(33)35-21-25-12-8-6-9-13-25;1-5-2(3)4/h6,8-10,12-15,23,26-28,31H,4-5,7,11,16-22H2,1-3H3;6,8-10,12-15,23-24,27-29H,4-5,7,11,16-22H2,1-3H3;1H3/t23-,26-,27+,28-,31+;23-,24+,27+,28-,29-;/m00./s1. The molecule has 0 aliphatic heterocycles. The van der Waals surface area contributed by atoms with Gasteiger partial charge in [-0.2, -0.15) is 0 Å². The van der Waals surface area contributed by atoms with Crippen molar-refractivity contribution >= 4 is 35.1 Å². The van der Waals surface area contributed by atoms with Crippen LogP contribution in [-0.2, 0) is 72.2 Å². The Labute approximate surface area is 477 Å². The molecule has 11 nitrogen and oxygen atoms in total. The van der Waals surface area contributed by atoms with Crippen LogP contribution in [0, 0.1) is 53.3 Å². The smallest absolute Gasteiger partial charge is 0.482 e. The summed E-state index contributed by atoms with van der Waals surface area (Å²) in [6.45, 7) is 12.2. The summed E-state index contributed by atoms with van der Waals surface area (Å²) in [4.78, 5) is 46.1. The van der Waals surface area contributed by atoms with E-state index in [0.29, 0.717) is 23.7 Å². The lowest BCUT2D eigenvalue weighted by atomic mass is 9.73. The number of fused-ring (bicyclic) bond motifs is 4.